The summed E-state index contributed by atoms with van der Waals surface area (Å²) in [4.78, 5) is 7.25. The Labute approximate surface area is 149 Å². The Morgan fingerprint density at radius 3 is 2.25 bits per heavy atom. The molecule has 0 spiro atoms. The molecule has 6 heteroatoms. The highest BCUT2D eigenvalue weighted by Crippen LogP contribution is 2.33. The molecule has 2 aromatic carbocycles. The number of benzene rings is 2. The normalized spacial score (nSPS) is 16.6. The number of aliphatic imine (C=N–C) groups is 1. The number of hydrogen-bond acceptors (Lipinski definition) is 4. The Morgan fingerprint density at radius 1 is 1.04 bits per heavy atom. The third kappa shape index (κ3) is 3.62. The smallest absolute Gasteiger partial charge is 0.175 e. The Hall–Kier alpha value is -1.85. The summed E-state index contributed by atoms with van der Waals surface area (Å²) in [7, 11) is 0.814. The van der Waals surface area contributed by atoms with Crippen LogP contribution in [0.1, 0.15) is 22.7 Å². The fourth-order valence-corrected chi connectivity index (χ4v) is 3.45. The summed E-state index contributed by atoms with van der Waals surface area (Å²) in [5.41, 5.74) is 3.46. The van der Waals surface area contributed by atoms with E-state index in [2.05, 4.69) is 12.1 Å². The molecule has 0 fully saturated rings. The van der Waals surface area contributed by atoms with Gasteiger partial charge < -0.3 is 4.90 Å². The van der Waals surface area contributed by atoms with Crippen LogP contribution in [-0.2, 0) is 16.3 Å². The third-order valence-electron chi connectivity index (χ3n) is 4.12. The van der Waals surface area contributed by atoms with E-state index in [9.17, 15) is 8.42 Å². The highest BCUT2D eigenvalue weighted by molar-refractivity contribution is 7.90. The summed E-state index contributed by atoms with van der Waals surface area (Å²) in [5, 5.41) is 0. The van der Waals surface area contributed by atoms with Gasteiger partial charge in [-0.05, 0) is 28.8 Å². The van der Waals surface area contributed by atoms with Gasteiger partial charge in [-0.15, -0.1) is 12.4 Å². The van der Waals surface area contributed by atoms with Crippen molar-refractivity contribution in [2.45, 2.75) is 17.4 Å². The number of rotatable bonds is 2. The van der Waals surface area contributed by atoms with E-state index in [1.165, 1.54) is 17.4 Å². The minimum atomic E-state index is -3.18. The van der Waals surface area contributed by atoms with E-state index in [1.807, 2.05) is 43.3 Å². The van der Waals surface area contributed by atoms with E-state index in [-0.39, 0.29) is 18.4 Å². The second-order valence-corrected chi connectivity index (χ2v) is 8.07. The van der Waals surface area contributed by atoms with E-state index in [1.54, 1.807) is 12.1 Å². The molecule has 0 N–H and O–H groups in total. The molecular weight excluding hydrogens is 344 g/mol. The van der Waals surface area contributed by atoms with Crippen LogP contribution in [0.4, 0.5) is 0 Å². The maximum Gasteiger partial charge on any atom is 0.175 e. The fraction of sp³-hybridized carbons (Fsp3) is 0.278. The van der Waals surface area contributed by atoms with Crippen LogP contribution in [0, 0.1) is 0 Å². The molecule has 128 valence electrons. The maximum absolute atomic E-state index is 11.6. The van der Waals surface area contributed by atoms with Crippen molar-refractivity contribution in [3.8, 4) is 0 Å². The van der Waals surface area contributed by atoms with Gasteiger partial charge in [0.2, 0.25) is 0 Å². The first-order valence-corrected chi connectivity index (χ1v) is 9.37. The van der Waals surface area contributed by atoms with Crippen molar-refractivity contribution in [1.82, 2.24) is 4.90 Å². The highest BCUT2D eigenvalue weighted by Gasteiger charge is 2.23. The van der Waals surface area contributed by atoms with Gasteiger partial charge in [0.05, 0.1) is 4.90 Å². The second-order valence-electron chi connectivity index (χ2n) is 6.06. The van der Waals surface area contributed by atoms with Crippen molar-refractivity contribution >= 4 is 28.1 Å². The average molecular weight is 365 g/mol. The van der Waals surface area contributed by atoms with Gasteiger partial charge in [-0.2, -0.15) is 0 Å². The van der Waals surface area contributed by atoms with Gasteiger partial charge in [0.25, 0.3) is 0 Å². The van der Waals surface area contributed by atoms with Crippen LogP contribution in [-0.4, -0.2) is 39.5 Å². The number of sulfone groups is 1. The summed E-state index contributed by atoms with van der Waals surface area (Å²) in [5.74, 6) is 1.03. The van der Waals surface area contributed by atoms with Gasteiger partial charge in [-0.1, -0.05) is 36.4 Å². The van der Waals surface area contributed by atoms with Crippen molar-refractivity contribution in [3.05, 3.63) is 65.2 Å². The number of likely N-dealkylation sites (N-methyl/N-ethyl adjacent to an activating group) is 1. The van der Waals surface area contributed by atoms with Gasteiger partial charge in [-0.3, -0.25) is 4.99 Å². The molecule has 0 aliphatic carbocycles. The largest absolute Gasteiger partial charge is 0.366 e. The SMILES string of the molecule is CN(C)C1=NC(c2ccc(S(C)(=O)=O)cc2)c2ccccc2C1.Cl. The third-order valence-corrected chi connectivity index (χ3v) is 5.25. The molecule has 1 aliphatic heterocycles. The number of fused-ring (bicyclic) bond motifs is 1. The minimum Gasteiger partial charge on any atom is -0.366 e. The van der Waals surface area contributed by atoms with Gasteiger partial charge in [-0.25, -0.2) is 8.42 Å². The zero-order chi connectivity index (χ0) is 16.6. The molecule has 3 rings (SSSR count). The summed E-state index contributed by atoms with van der Waals surface area (Å²) >= 11 is 0. The Balaban J connectivity index is 0.00000208. The predicted molar refractivity (Wildman–Crippen MR) is 99.9 cm³/mol. The number of halogens is 1. The monoisotopic (exact) mass is 364 g/mol. The van der Waals surface area contributed by atoms with Gasteiger partial charge in [0.1, 0.15) is 11.9 Å². The Kier molecular flexibility index (Phi) is 5.35. The fourth-order valence-electron chi connectivity index (χ4n) is 2.82. The van der Waals surface area contributed by atoms with E-state index < -0.39 is 9.84 Å². The molecule has 4 nitrogen and oxygen atoms in total. The van der Waals surface area contributed by atoms with E-state index in [0.29, 0.717) is 4.90 Å². The number of hydrogen-bond donors (Lipinski definition) is 0. The van der Waals surface area contributed by atoms with Crippen molar-refractivity contribution in [1.29, 1.82) is 0 Å². The molecule has 0 saturated heterocycles. The van der Waals surface area contributed by atoms with Crippen molar-refractivity contribution in [2.24, 2.45) is 4.99 Å². The predicted octanol–water partition coefficient (Wildman–Crippen LogP) is 3.12. The van der Waals surface area contributed by atoms with Crippen LogP contribution in [0.5, 0.6) is 0 Å². The molecule has 0 saturated carbocycles. The lowest BCUT2D eigenvalue weighted by atomic mass is 9.90. The van der Waals surface area contributed by atoms with Crippen LogP contribution in [0.2, 0.25) is 0 Å². The summed E-state index contributed by atoms with van der Waals surface area (Å²) < 4.78 is 23.3. The molecule has 0 aromatic heterocycles. The Bertz CT molecular complexity index is 859. The van der Waals surface area contributed by atoms with E-state index >= 15 is 0 Å². The van der Waals surface area contributed by atoms with Crippen molar-refractivity contribution in [2.75, 3.05) is 20.4 Å². The number of amidine groups is 1. The molecular formula is C18H21ClN2O2S. The minimum absolute atomic E-state index is 0. The zero-order valence-electron chi connectivity index (χ0n) is 13.9. The first kappa shape index (κ1) is 18.5. The summed E-state index contributed by atoms with van der Waals surface area (Å²) in [6, 6.07) is 15.2. The highest BCUT2D eigenvalue weighted by atomic mass is 35.5. The molecule has 1 aliphatic rings. The molecule has 0 bridgehead atoms. The first-order chi connectivity index (χ1) is 10.9. The molecule has 2 aromatic rings. The van der Waals surface area contributed by atoms with Gasteiger partial charge in [0, 0.05) is 26.8 Å². The van der Waals surface area contributed by atoms with Crippen molar-refractivity contribution < 1.29 is 8.42 Å². The van der Waals surface area contributed by atoms with Crippen LogP contribution in [0.25, 0.3) is 0 Å². The lowest BCUT2D eigenvalue weighted by Crippen LogP contribution is -2.28. The van der Waals surface area contributed by atoms with Crippen molar-refractivity contribution in [3.63, 3.8) is 0 Å². The standard InChI is InChI=1S/C18H20N2O2S.ClH/c1-20(2)17-12-14-6-4-5-7-16(14)18(19-17)13-8-10-15(11-9-13)23(3,21)22;/h4-11,18H,12H2,1-3H3;1H. The zero-order valence-corrected chi connectivity index (χ0v) is 15.6. The lowest BCUT2D eigenvalue weighted by molar-refractivity contribution is 0.591. The lowest BCUT2D eigenvalue weighted by Gasteiger charge is -2.27. The molecule has 0 radical (unpaired) electrons. The molecule has 24 heavy (non-hydrogen) atoms. The summed E-state index contributed by atoms with van der Waals surface area (Å²) in [6.07, 6.45) is 2.04. The molecule has 1 atom stereocenters. The average Bonchev–Trinajstić information content (AvgIpc) is 2.53. The second kappa shape index (κ2) is 6.95. The molecule has 0 amide bonds. The number of nitrogens with zero attached hydrogens (tertiary/aromatic N) is 2. The van der Waals surface area contributed by atoms with Gasteiger partial charge in [0.15, 0.2) is 9.84 Å². The molecule has 1 heterocycles. The van der Waals surface area contributed by atoms with Crippen LogP contribution >= 0.6 is 12.4 Å². The Morgan fingerprint density at radius 2 is 1.67 bits per heavy atom. The van der Waals surface area contributed by atoms with Crippen LogP contribution in [0.3, 0.4) is 0 Å². The van der Waals surface area contributed by atoms with E-state index in [4.69, 9.17) is 4.99 Å². The first-order valence-electron chi connectivity index (χ1n) is 7.48. The summed E-state index contributed by atoms with van der Waals surface area (Å²) in [6.45, 7) is 0. The topological polar surface area (TPSA) is 49.7 Å². The van der Waals surface area contributed by atoms with Gasteiger partial charge >= 0.3 is 0 Å². The van der Waals surface area contributed by atoms with Crippen LogP contribution < -0.4 is 0 Å². The quantitative estimate of drug-likeness (QED) is 0.822. The van der Waals surface area contributed by atoms with Crippen LogP contribution in [0.15, 0.2) is 58.4 Å². The molecule has 1 unspecified atom stereocenters. The maximum atomic E-state index is 11.6. The van der Waals surface area contributed by atoms with E-state index in [0.717, 1.165) is 17.8 Å².